The number of hydrogen-bond donors (Lipinski definition) is 1. The Morgan fingerprint density at radius 3 is 1.97 bits per heavy atom. The van der Waals surface area contributed by atoms with Crippen LogP contribution in [0.25, 0.3) is 0 Å². The molecule has 9 heteroatoms. The van der Waals surface area contributed by atoms with Gasteiger partial charge in [0.05, 0.1) is 21.3 Å². The number of anilines is 1. The van der Waals surface area contributed by atoms with E-state index in [0.29, 0.717) is 22.7 Å². The van der Waals surface area contributed by atoms with Gasteiger partial charge in [-0.25, -0.2) is 4.79 Å². The highest BCUT2D eigenvalue weighted by Crippen LogP contribution is 2.34. The van der Waals surface area contributed by atoms with Gasteiger partial charge in [0, 0.05) is 37.5 Å². The summed E-state index contributed by atoms with van der Waals surface area (Å²) in [6, 6.07) is 9.28. The van der Waals surface area contributed by atoms with E-state index >= 15 is 0 Å². The molecule has 2 amide bonds. The van der Waals surface area contributed by atoms with Gasteiger partial charge in [0.1, 0.15) is 11.3 Å². The largest absolute Gasteiger partial charge is 0.496 e. The summed E-state index contributed by atoms with van der Waals surface area (Å²) in [5, 5.41) is 2.60. The van der Waals surface area contributed by atoms with Gasteiger partial charge in [-0.3, -0.25) is 9.59 Å². The molecule has 0 spiro atoms. The number of benzene rings is 2. The fraction of sp³-hybridized carbons (Fsp3) is 0.286. The molecule has 2 aromatic carbocycles. The third kappa shape index (κ3) is 5.40. The minimum Gasteiger partial charge on any atom is -0.496 e. The van der Waals surface area contributed by atoms with Gasteiger partial charge < -0.3 is 29.2 Å². The van der Waals surface area contributed by atoms with Gasteiger partial charge in [-0.15, -0.1) is 0 Å². The van der Waals surface area contributed by atoms with Crippen LogP contribution in [0.2, 0.25) is 0 Å². The van der Waals surface area contributed by atoms with Crippen molar-refractivity contribution in [1.29, 1.82) is 0 Å². The maximum absolute atomic E-state index is 12.4. The zero-order valence-electron chi connectivity index (χ0n) is 17.5. The van der Waals surface area contributed by atoms with Crippen molar-refractivity contribution in [2.24, 2.45) is 0 Å². The van der Waals surface area contributed by atoms with Crippen molar-refractivity contribution in [3.63, 3.8) is 0 Å². The first-order valence-corrected chi connectivity index (χ1v) is 8.89. The van der Waals surface area contributed by atoms with E-state index in [1.165, 1.54) is 38.4 Å². The number of ether oxygens (including phenoxy) is 4. The first-order valence-electron chi connectivity index (χ1n) is 8.89. The van der Waals surface area contributed by atoms with Crippen molar-refractivity contribution in [2.75, 3.05) is 47.3 Å². The lowest BCUT2D eigenvalue weighted by molar-refractivity contribution is -0.119. The van der Waals surface area contributed by atoms with Crippen LogP contribution in [-0.2, 0) is 9.53 Å². The molecule has 0 aliphatic rings. The van der Waals surface area contributed by atoms with Crippen LogP contribution in [0.5, 0.6) is 17.2 Å². The second-order valence-corrected chi connectivity index (χ2v) is 6.31. The molecule has 9 nitrogen and oxygen atoms in total. The maximum atomic E-state index is 12.4. The summed E-state index contributed by atoms with van der Waals surface area (Å²) in [4.78, 5) is 37.9. The van der Waals surface area contributed by atoms with Crippen LogP contribution < -0.4 is 19.5 Å². The van der Waals surface area contributed by atoms with Gasteiger partial charge in [0.15, 0.2) is 18.1 Å². The van der Waals surface area contributed by atoms with Crippen LogP contribution in [0, 0.1) is 0 Å². The standard InChI is InChI=1S/C21H24N2O7/c1-23(2)20(25)13-6-8-14(9-7-13)22-19(24)12-30-21(26)15-10-17(28-4)18(29-5)11-16(15)27-3/h6-11H,12H2,1-5H3,(H,22,24). The molecule has 0 atom stereocenters. The molecule has 0 bridgehead atoms. The van der Waals surface area contributed by atoms with Gasteiger partial charge in [0.25, 0.3) is 11.8 Å². The van der Waals surface area contributed by atoms with Crippen LogP contribution in [0.4, 0.5) is 5.69 Å². The van der Waals surface area contributed by atoms with Gasteiger partial charge in [-0.1, -0.05) is 0 Å². The Kier molecular flexibility index (Phi) is 7.62. The Hall–Kier alpha value is -3.75. The van der Waals surface area contributed by atoms with Crippen molar-refractivity contribution < 1.29 is 33.3 Å². The fourth-order valence-corrected chi connectivity index (χ4v) is 2.55. The number of nitrogens with one attached hydrogen (secondary N) is 1. The molecule has 0 radical (unpaired) electrons. The number of nitrogens with zero attached hydrogens (tertiary/aromatic N) is 1. The van der Waals surface area contributed by atoms with E-state index in [-0.39, 0.29) is 17.2 Å². The van der Waals surface area contributed by atoms with Crippen molar-refractivity contribution in [3.05, 3.63) is 47.5 Å². The van der Waals surface area contributed by atoms with Crippen LogP contribution in [-0.4, -0.2) is 64.7 Å². The lowest BCUT2D eigenvalue weighted by Crippen LogP contribution is -2.22. The van der Waals surface area contributed by atoms with Gasteiger partial charge in [-0.2, -0.15) is 0 Å². The average Bonchev–Trinajstić information content (AvgIpc) is 2.76. The number of hydrogen-bond acceptors (Lipinski definition) is 7. The highest BCUT2D eigenvalue weighted by Gasteiger charge is 2.20. The molecule has 0 saturated heterocycles. The molecule has 0 heterocycles. The molecule has 2 rings (SSSR count). The minimum absolute atomic E-state index is 0.0921. The quantitative estimate of drug-likeness (QED) is 0.658. The smallest absolute Gasteiger partial charge is 0.342 e. The van der Waals surface area contributed by atoms with Crippen LogP contribution in [0.1, 0.15) is 20.7 Å². The second-order valence-electron chi connectivity index (χ2n) is 6.31. The minimum atomic E-state index is -0.755. The average molecular weight is 416 g/mol. The summed E-state index contributed by atoms with van der Waals surface area (Å²) in [5.74, 6) is -0.504. The SMILES string of the molecule is COc1cc(OC)c(C(=O)OCC(=O)Nc2ccc(C(=O)N(C)C)cc2)cc1OC. The number of carbonyl (C=O) groups is 3. The number of carbonyl (C=O) groups excluding carboxylic acids is 3. The summed E-state index contributed by atoms with van der Waals surface area (Å²) >= 11 is 0. The van der Waals surface area contributed by atoms with E-state index in [4.69, 9.17) is 18.9 Å². The topological polar surface area (TPSA) is 103 Å². The van der Waals surface area contributed by atoms with Crippen LogP contribution >= 0.6 is 0 Å². The summed E-state index contributed by atoms with van der Waals surface area (Å²) < 4.78 is 20.6. The van der Waals surface area contributed by atoms with Crippen molar-refractivity contribution in [3.8, 4) is 17.2 Å². The molecule has 30 heavy (non-hydrogen) atoms. The summed E-state index contributed by atoms with van der Waals surface area (Å²) in [5.41, 5.74) is 1.05. The highest BCUT2D eigenvalue weighted by molar-refractivity contribution is 5.98. The predicted octanol–water partition coefficient (Wildman–Crippen LogP) is 2.21. The molecular formula is C21H24N2O7. The molecule has 0 fully saturated rings. The van der Waals surface area contributed by atoms with E-state index in [2.05, 4.69) is 5.32 Å². The van der Waals surface area contributed by atoms with Crippen molar-refractivity contribution in [2.45, 2.75) is 0 Å². The van der Waals surface area contributed by atoms with E-state index < -0.39 is 18.5 Å². The third-order valence-corrected chi connectivity index (χ3v) is 4.08. The summed E-state index contributed by atoms with van der Waals surface area (Å²) in [7, 11) is 7.60. The van der Waals surface area contributed by atoms with Crippen LogP contribution in [0.15, 0.2) is 36.4 Å². The molecule has 0 saturated carbocycles. The number of amides is 2. The number of methoxy groups -OCH3 is 3. The Morgan fingerprint density at radius 1 is 0.867 bits per heavy atom. The third-order valence-electron chi connectivity index (χ3n) is 4.08. The first-order chi connectivity index (χ1) is 14.3. The molecule has 0 aliphatic heterocycles. The molecule has 160 valence electrons. The summed E-state index contributed by atoms with van der Waals surface area (Å²) in [6.45, 7) is -0.505. The van der Waals surface area contributed by atoms with E-state index in [0.717, 1.165) is 0 Å². The van der Waals surface area contributed by atoms with Gasteiger partial charge >= 0.3 is 5.97 Å². The Bertz CT molecular complexity index is 924. The normalized spacial score (nSPS) is 10.0. The van der Waals surface area contributed by atoms with E-state index in [9.17, 15) is 14.4 Å². The molecule has 1 N–H and O–H groups in total. The lowest BCUT2D eigenvalue weighted by Gasteiger charge is -2.13. The molecule has 0 unspecified atom stereocenters. The summed E-state index contributed by atoms with van der Waals surface area (Å²) in [6.07, 6.45) is 0. The zero-order chi connectivity index (χ0) is 22.3. The number of esters is 1. The first kappa shape index (κ1) is 22.5. The predicted molar refractivity (Wildman–Crippen MR) is 109 cm³/mol. The maximum Gasteiger partial charge on any atom is 0.342 e. The molecule has 2 aromatic rings. The molecular weight excluding hydrogens is 392 g/mol. The van der Waals surface area contributed by atoms with Gasteiger partial charge in [0.2, 0.25) is 0 Å². The zero-order valence-corrected chi connectivity index (χ0v) is 17.5. The fourth-order valence-electron chi connectivity index (χ4n) is 2.55. The van der Waals surface area contributed by atoms with Crippen molar-refractivity contribution >= 4 is 23.5 Å². The Balaban J connectivity index is 2.01. The van der Waals surface area contributed by atoms with E-state index in [1.54, 1.807) is 38.4 Å². The molecule has 0 aliphatic carbocycles. The number of rotatable bonds is 8. The second kappa shape index (κ2) is 10.1. The Labute approximate surface area is 174 Å². The highest BCUT2D eigenvalue weighted by atomic mass is 16.5. The van der Waals surface area contributed by atoms with Crippen molar-refractivity contribution in [1.82, 2.24) is 4.90 Å². The van der Waals surface area contributed by atoms with Gasteiger partial charge in [-0.05, 0) is 24.3 Å². The Morgan fingerprint density at radius 2 is 1.43 bits per heavy atom. The lowest BCUT2D eigenvalue weighted by atomic mass is 10.1. The van der Waals surface area contributed by atoms with E-state index in [1.807, 2.05) is 0 Å². The molecule has 0 aromatic heterocycles. The monoisotopic (exact) mass is 416 g/mol. The van der Waals surface area contributed by atoms with Crippen LogP contribution in [0.3, 0.4) is 0 Å².